The minimum Gasteiger partial charge on any atom is -0.486 e. The van der Waals surface area contributed by atoms with Crippen molar-refractivity contribution in [1.82, 2.24) is 10.3 Å². The molecule has 1 amide bonds. The largest absolute Gasteiger partial charge is 0.486 e. The van der Waals surface area contributed by atoms with E-state index in [2.05, 4.69) is 10.3 Å². The fourth-order valence-electron chi connectivity index (χ4n) is 3.01. The third-order valence-electron chi connectivity index (χ3n) is 4.67. The normalized spacial score (nSPS) is 13.3. The van der Waals surface area contributed by atoms with E-state index in [9.17, 15) is 13.2 Å². The molecule has 3 rings (SSSR count). The van der Waals surface area contributed by atoms with Crippen LogP contribution in [0.5, 0.6) is 11.5 Å². The van der Waals surface area contributed by atoms with E-state index in [-0.39, 0.29) is 10.5 Å². The first-order chi connectivity index (χ1) is 12.7. The Morgan fingerprint density at radius 3 is 2.15 bits per heavy atom. The van der Waals surface area contributed by atoms with E-state index in [1.54, 1.807) is 26.0 Å². The highest BCUT2D eigenvalue weighted by molar-refractivity contribution is 7.89. The predicted molar refractivity (Wildman–Crippen MR) is 101 cm³/mol. The lowest BCUT2D eigenvalue weighted by molar-refractivity contribution is 0.0944. The summed E-state index contributed by atoms with van der Waals surface area (Å²) in [6.07, 6.45) is 0. The van der Waals surface area contributed by atoms with Gasteiger partial charge in [0.15, 0.2) is 11.5 Å². The third kappa shape index (κ3) is 3.77. The summed E-state index contributed by atoms with van der Waals surface area (Å²) in [6.45, 7) is 8.06. The second-order valence-corrected chi connectivity index (χ2v) is 8.13. The van der Waals surface area contributed by atoms with Crippen molar-refractivity contribution in [3.63, 3.8) is 0 Å². The standard InChI is InChI=1S/C19H22N2O5S/c1-11-9-12(2)14(4)18(13(11)3)27(23,24)21-20-19(22)15-5-6-16-17(10-15)26-8-7-25-16/h5-6,9-10,21H,7-8H2,1-4H3,(H,20,22). The van der Waals surface area contributed by atoms with Crippen LogP contribution in [0.15, 0.2) is 29.2 Å². The molecule has 0 saturated heterocycles. The van der Waals surface area contributed by atoms with Crippen molar-refractivity contribution in [2.24, 2.45) is 0 Å². The van der Waals surface area contributed by atoms with Crippen molar-refractivity contribution in [2.45, 2.75) is 32.6 Å². The van der Waals surface area contributed by atoms with Crippen molar-refractivity contribution in [3.05, 3.63) is 52.1 Å². The molecule has 7 nitrogen and oxygen atoms in total. The van der Waals surface area contributed by atoms with E-state index in [0.717, 1.165) is 11.1 Å². The van der Waals surface area contributed by atoms with Crippen LogP contribution < -0.4 is 19.7 Å². The van der Waals surface area contributed by atoms with Crippen LogP contribution in [0.4, 0.5) is 0 Å². The Labute approximate surface area is 158 Å². The summed E-state index contributed by atoms with van der Waals surface area (Å²) in [5, 5.41) is 0. The number of hydrazine groups is 1. The Balaban J connectivity index is 1.81. The summed E-state index contributed by atoms with van der Waals surface area (Å²) in [5.41, 5.74) is 5.57. The SMILES string of the molecule is Cc1cc(C)c(C)c(S(=O)(=O)NNC(=O)c2ccc3c(c2)OCCO3)c1C. The molecule has 144 valence electrons. The smallest absolute Gasteiger partial charge is 0.266 e. The van der Waals surface area contributed by atoms with E-state index in [1.165, 1.54) is 6.07 Å². The molecule has 0 radical (unpaired) electrons. The number of hydrogen-bond donors (Lipinski definition) is 2. The third-order valence-corrected chi connectivity index (χ3v) is 6.19. The molecule has 0 spiro atoms. The molecule has 1 heterocycles. The van der Waals surface area contributed by atoms with E-state index in [1.807, 2.05) is 19.9 Å². The molecule has 1 aliphatic heterocycles. The second kappa shape index (κ2) is 7.21. The molecule has 2 aromatic rings. The quantitative estimate of drug-likeness (QED) is 0.782. The number of fused-ring (bicyclic) bond motifs is 1. The maximum absolute atomic E-state index is 12.8. The molecule has 0 unspecified atom stereocenters. The molecule has 0 aliphatic carbocycles. The van der Waals surface area contributed by atoms with Crippen LogP contribution in [0.3, 0.4) is 0 Å². The van der Waals surface area contributed by atoms with Crippen LogP contribution in [-0.2, 0) is 10.0 Å². The number of carbonyl (C=O) groups is 1. The zero-order chi connectivity index (χ0) is 19.8. The van der Waals surface area contributed by atoms with Crippen molar-refractivity contribution >= 4 is 15.9 Å². The van der Waals surface area contributed by atoms with Crippen LogP contribution in [-0.4, -0.2) is 27.5 Å². The van der Waals surface area contributed by atoms with Crippen LogP contribution in [0.25, 0.3) is 0 Å². The highest BCUT2D eigenvalue weighted by atomic mass is 32.2. The molecule has 0 fully saturated rings. The highest BCUT2D eigenvalue weighted by Gasteiger charge is 2.23. The first-order valence-corrected chi connectivity index (χ1v) is 9.98. The molecule has 0 bridgehead atoms. The molecule has 0 aromatic heterocycles. The number of sulfonamides is 1. The Bertz CT molecular complexity index is 989. The van der Waals surface area contributed by atoms with Gasteiger partial charge in [0.25, 0.3) is 15.9 Å². The molecule has 1 aliphatic rings. The number of nitrogens with one attached hydrogen (secondary N) is 2. The zero-order valence-corrected chi connectivity index (χ0v) is 16.5. The number of carbonyl (C=O) groups excluding carboxylic acids is 1. The molecule has 2 aromatic carbocycles. The summed E-state index contributed by atoms with van der Waals surface area (Å²) < 4.78 is 36.4. The maximum Gasteiger partial charge on any atom is 0.266 e. The molecule has 2 N–H and O–H groups in total. The lowest BCUT2D eigenvalue weighted by Gasteiger charge is -2.19. The Hall–Kier alpha value is -2.58. The van der Waals surface area contributed by atoms with Crippen molar-refractivity contribution in [2.75, 3.05) is 13.2 Å². The van der Waals surface area contributed by atoms with E-state index in [0.29, 0.717) is 35.8 Å². The van der Waals surface area contributed by atoms with Gasteiger partial charge in [-0.2, -0.15) is 0 Å². The van der Waals surface area contributed by atoms with Gasteiger partial charge < -0.3 is 9.47 Å². The van der Waals surface area contributed by atoms with Crippen LogP contribution in [0.1, 0.15) is 32.6 Å². The van der Waals surface area contributed by atoms with Crippen LogP contribution >= 0.6 is 0 Å². The van der Waals surface area contributed by atoms with Gasteiger partial charge in [-0.3, -0.25) is 10.2 Å². The first-order valence-electron chi connectivity index (χ1n) is 8.50. The summed E-state index contributed by atoms with van der Waals surface area (Å²) in [7, 11) is -3.92. The first kappa shape index (κ1) is 19.2. The lowest BCUT2D eigenvalue weighted by Crippen LogP contribution is -2.42. The van der Waals surface area contributed by atoms with Gasteiger partial charge in [0, 0.05) is 5.56 Å². The molecule has 27 heavy (non-hydrogen) atoms. The average Bonchev–Trinajstić information content (AvgIpc) is 2.64. The fraction of sp³-hybridized carbons (Fsp3) is 0.316. The minimum atomic E-state index is -3.92. The summed E-state index contributed by atoms with van der Waals surface area (Å²) >= 11 is 0. The molecule has 0 saturated carbocycles. The number of hydrogen-bond acceptors (Lipinski definition) is 5. The lowest BCUT2D eigenvalue weighted by atomic mass is 10.0. The van der Waals surface area contributed by atoms with Crippen LogP contribution in [0.2, 0.25) is 0 Å². The summed E-state index contributed by atoms with van der Waals surface area (Å²) in [6, 6.07) is 6.63. The van der Waals surface area contributed by atoms with Crippen molar-refractivity contribution in [1.29, 1.82) is 0 Å². The molecule has 0 atom stereocenters. The number of benzene rings is 2. The minimum absolute atomic E-state index is 0.183. The Morgan fingerprint density at radius 2 is 1.52 bits per heavy atom. The number of ether oxygens (including phenoxy) is 2. The second-order valence-electron chi connectivity index (χ2n) is 6.51. The van der Waals surface area contributed by atoms with E-state index < -0.39 is 15.9 Å². The number of amides is 1. The highest BCUT2D eigenvalue weighted by Crippen LogP contribution is 2.30. The maximum atomic E-state index is 12.8. The molecular formula is C19H22N2O5S. The zero-order valence-electron chi connectivity index (χ0n) is 15.7. The number of rotatable bonds is 4. The predicted octanol–water partition coefficient (Wildman–Crippen LogP) is 2.31. The van der Waals surface area contributed by atoms with Crippen LogP contribution in [0, 0.1) is 27.7 Å². The van der Waals surface area contributed by atoms with Gasteiger partial charge in [0.1, 0.15) is 13.2 Å². The topological polar surface area (TPSA) is 93.7 Å². The monoisotopic (exact) mass is 390 g/mol. The summed E-state index contributed by atoms with van der Waals surface area (Å²) in [4.78, 5) is 14.8. The van der Waals surface area contributed by atoms with Gasteiger partial charge in [-0.25, -0.2) is 8.42 Å². The van der Waals surface area contributed by atoms with Gasteiger partial charge in [-0.15, -0.1) is 4.83 Å². The number of aryl methyl sites for hydroxylation is 2. The van der Waals surface area contributed by atoms with Gasteiger partial charge in [-0.05, 0) is 68.1 Å². The average molecular weight is 390 g/mol. The van der Waals surface area contributed by atoms with Crippen molar-refractivity contribution in [3.8, 4) is 11.5 Å². The van der Waals surface area contributed by atoms with E-state index >= 15 is 0 Å². The van der Waals surface area contributed by atoms with Gasteiger partial charge in [0.2, 0.25) is 0 Å². The molecule has 8 heteroatoms. The Morgan fingerprint density at radius 1 is 0.926 bits per heavy atom. The van der Waals surface area contributed by atoms with Gasteiger partial charge in [-0.1, -0.05) is 6.07 Å². The van der Waals surface area contributed by atoms with E-state index in [4.69, 9.17) is 9.47 Å². The van der Waals surface area contributed by atoms with Gasteiger partial charge in [0.05, 0.1) is 4.90 Å². The fourth-order valence-corrected chi connectivity index (χ4v) is 4.46. The van der Waals surface area contributed by atoms with Gasteiger partial charge >= 0.3 is 0 Å². The Kier molecular flexibility index (Phi) is 5.12. The summed E-state index contributed by atoms with van der Waals surface area (Å²) in [5.74, 6) is 0.424. The van der Waals surface area contributed by atoms with Crippen molar-refractivity contribution < 1.29 is 22.7 Å². The molecular weight excluding hydrogens is 368 g/mol.